The van der Waals surface area contributed by atoms with Crippen LogP contribution in [0.15, 0.2) is 84.8 Å². The van der Waals surface area contributed by atoms with Crippen LogP contribution in [0.1, 0.15) is 99.4 Å². The van der Waals surface area contributed by atoms with Crippen LogP contribution in [0.3, 0.4) is 0 Å². The van der Waals surface area contributed by atoms with E-state index in [4.69, 9.17) is 0 Å². The summed E-state index contributed by atoms with van der Waals surface area (Å²) in [6, 6.07) is 16.0. The predicted octanol–water partition coefficient (Wildman–Crippen LogP) is 5.97. The van der Waals surface area contributed by atoms with Gasteiger partial charge in [-0.2, -0.15) is 0 Å². The van der Waals surface area contributed by atoms with Crippen LogP contribution >= 0.6 is 11.3 Å². The van der Waals surface area contributed by atoms with Crippen molar-refractivity contribution in [1.29, 1.82) is 0 Å². The van der Waals surface area contributed by atoms with Gasteiger partial charge >= 0.3 is 0 Å². The maximum absolute atomic E-state index is 14.2. The zero-order valence-corrected chi connectivity index (χ0v) is 46.1. The number of likely N-dealkylation sites (tertiary alicyclic amines) is 1. The number of anilines is 3. The molecule has 0 spiro atoms. The van der Waals surface area contributed by atoms with Gasteiger partial charge < -0.3 is 46.2 Å². The standard InChI is InChI=1S/C58H69FN12O7S/c1-35(37-9-11-38(12-10-37)52-36(2)63-34-79-52)64-54(75)45-28-41(72)32-71(45)56(77)53(57(3,4)5)66-49(73)7-6-8-50(74)69-25-23-67(24-26-69)33-58(78)18-21-68(22-19-58)40-13-16-47(60-29-40)65-44-15-14-42(43-30-62-55(76)51(43)44)46-31-61-48-27-39(59)17-20-70(46)48/h9-17,20,27,29,31,34-35,41,45,53,72,78H,6-8,18-19,21-26,28,30,32-33H2,1-5H3,(H,60,65)(H,62,76)(H,64,75)(H,66,73)/t35-,41+,45-,53+/m0/s1. The Bertz CT molecular complexity index is 3240. The average molecular weight is 1100 g/mol. The number of aromatic nitrogens is 4. The van der Waals surface area contributed by atoms with Gasteiger partial charge in [0, 0.05) is 96.0 Å². The summed E-state index contributed by atoms with van der Waals surface area (Å²) >= 11 is 1.57. The lowest BCUT2D eigenvalue weighted by atomic mass is 9.85. The molecule has 21 heteroatoms. The van der Waals surface area contributed by atoms with Gasteiger partial charge in [0.25, 0.3) is 5.91 Å². The number of carbonyl (C=O) groups excluding carboxylic acids is 5. The van der Waals surface area contributed by atoms with E-state index in [0.29, 0.717) is 94.3 Å². The van der Waals surface area contributed by atoms with E-state index in [0.717, 1.165) is 44.2 Å². The molecule has 0 radical (unpaired) electrons. The number of fused-ring (bicyclic) bond motifs is 2. The van der Waals surface area contributed by atoms with Crippen LogP contribution in [0.5, 0.6) is 0 Å². The van der Waals surface area contributed by atoms with Gasteiger partial charge in [-0.05, 0) is 79.5 Å². The van der Waals surface area contributed by atoms with Crippen molar-refractivity contribution in [1.82, 2.24) is 50.0 Å². The summed E-state index contributed by atoms with van der Waals surface area (Å²) in [5.74, 6) is -1.25. The number of hydrogen-bond donors (Lipinski definition) is 6. The quantitative estimate of drug-likeness (QED) is 0.0657. The highest BCUT2D eigenvalue weighted by Gasteiger charge is 2.45. The number of halogens is 1. The van der Waals surface area contributed by atoms with Crippen LogP contribution in [0.4, 0.5) is 21.6 Å². The number of aliphatic hydroxyl groups excluding tert-OH is 1. The van der Waals surface area contributed by atoms with Crippen molar-refractivity contribution in [2.75, 3.05) is 62.6 Å². The first-order chi connectivity index (χ1) is 37.8. The summed E-state index contributed by atoms with van der Waals surface area (Å²) in [7, 11) is 0. The minimum atomic E-state index is -0.976. The smallest absolute Gasteiger partial charge is 0.254 e. The Balaban J connectivity index is 0.649. The highest BCUT2D eigenvalue weighted by molar-refractivity contribution is 7.13. The van der Waals surface area contributed by atoms with Crippen LogP contribution in [0.25, 0.3) is 27.3 Å². The molecule has 19 nitrogen and oxygen atoms in total. The van der Waals surface area contributed by atoms with Crippen LogP contribution in [-0.4, -0.2) is 150 Å². The zero-order valence-electron chi connectivity index (χ0n) is 45.3. The van der Waals surface area contributed by atoms with Gasteiger partial charge in [0.15, 0.2) is 0 Å². The van der Waals surface area contributed by atoms with E-state index in [-0.39, 0.29) is 61.3 Å². The number of amides is 5. The number of imidazole rings is 1. The van der Waals surface area contributed by atoms with Crippen LogP contribution in [0.2, 0.25) is 0 Å². The SMILES string of the molecule is Cc1ncsc1-c1ccc([C@H](C)NC(=O)[C@@H]2C[C@@H](O)CN2C(=O)[C@@H](NC(=O)CCCC(=O)N2CCN(CC3(O)CCN(c4ccc(Nc5ccc(-c6cnc7cc(F)ccn67)c6c5C(=O)NC6)nc4)CC3)CC2)C(C)(C)C)cc1. The van der Waals surface area contributed by atoms with Crippen molar-refractivity contribution >= 4 is 63.7 Å². The first kappa shape index (κ1) is 55.0. The molecule has 0 saturated carbocycles. The molecule has 4 aliphatic rings. The van der Waals surface area contributed by atoms with Crippen molar-refractivity contribution in [2.24, 2.45) is 5.41 Å². The molecule has 0 aliphatic carbocycles. The highest BCUT2D eigenvalue weighted by Crippen LogP contribution is 2.37. The summed E-state index contributed by atoms with van der Waals surface area (Å²) in [6.45, 7) is 13.7. The lowest BCUT2D eigenvalue weighted by molar-refractivity contribution is -0.144. The van der Waals surface area contributed by atoms with Crippen LogP contribution < -0.4 is 26.2 Å². The number of piperazine rings is 1. The van der Waals surface area contributed by atoms with Gasteiger partial charge in [-0.3, -0.25) is 33.3 Å². The number of nitrogens with one attached hydrogen (secondary N) is 4. The first-order valence-electron chi connectivity index (χ1n) is 27.2. The summed E-state index contributed by atoms with van der Waals surface area (Å²) in [5.41, 5.74) is 8.03. The summed E-state index contributed by atoms with van der Waals surface area (Å²) in [5, 5.41) is 34.6. The van der Waals surface area contributed by atoms with Crippen molar-refractivity contribution in [3.05, 3.63) is 113 Å². The number of piperidine rings is 1. The number of nitrogens with zero attached hydrogens (tertiary/aromatic N) is 8. The third-order valence-electron chi connectivity index (χ3n) is 15.9. The Morgan fingerprint density at radius 1 is 0.924 bits per heavy atom. The lowest BCUT2D eigenvalue weighted by Gasteiger charge is -2.43. The Kier molecular flexibility index (Phi) is 15.9. The normalized spacial score (nSPS) is 19.2. The van der Waals surface area contributed by atoms with Crippen molar-refractivity contribution in [2.45, 2.75) is 110 Å². The molecule has 4 aromatic heterocycles. The number of carbonyl (C=O) groups is 5. The Morgan fingerprint density at radius 2 is 1.68 bits per heavy atom. The second-order valence-electron chi connectivity index (χ2n) is 22.5. The number of thiazole rings is 1. The third kappa shape index (κ3) is 12.1. The van der Waals surface area contributed by atoms with E-state index in [1.165, 1.54) is 17.0 Å². The second-order valence-corrected chi connectivity index (χ2v) is 23.4. The maximum Gasteiger partial charge on any atom is 0.254 e. The van der Waals surface area contributed by atoms with Gasteiger partial charge in [-0.25, -0.2) is 19.3 Å². The fourth-order valence-electron chi connectivity index (χ4n) is 11.3. The monoisotopic (exact) mass is 1100 g/mol. The lowest BCUT2D eigenvalue weighted by Crippen LogP contribution is -2.57. The fraction of sp³-hybridized carbons (Fsp3) is 0.448. The maximum atomic E-state index is 14.2. The molecule has 416 valence electrons. The van der Waals surface area contributed by atoms with E-state index in [1.807, 2.05) is 93.6 Å². The molecule has 0 unspecified atom stereocenters. The molecule has 6 N–H and O–H groups in total. The molecule has 2 aromatic carbocycles. The van der Waals surface area contributed by atoms with Gasteiger partial charge in [0.1, 0.15) is 29.4 Å². The fourth-order valence-corrected chi connectivity index (χ4v) is 12.2. The van der Waals surface area contributed by atoms with E-state index >= 15 is 0 Å². The summed E-state index contributed by atoms with van der Waals surface area (Å²) in [4.78, 5) is 89.9. The highest BCUT2D eigenvalue weighted by atomic mass is 32.1. The van der Waals surface area contributed by atoms with E-state index < -0.39 is 35.1 Å². The second kappa shape index (κ2) is 22.8. The van der Waals surface area contributed by atoms with E-state index in [9.17, 15) is 38.6 Å². The first-order valence-corrected chi connectivity index (χ1v) is 28.0. The molecular weight excluding hydrogens is 1030 g/mol. The Morgan fingerprint density at radius 3 is 2.38 bits per heavy atom. The third-order valence-corrected chi connectivity index (χ3v) is 16.9. The molecule has 3 fully saturated rings. The number of hydrogen-bond acceptors (Lipinski definition) is 14. The average Bonchev–Trinajstić information content (AvgIpc) is 4.26. The number of aryl methyl sites for hydroxylation is 1. The van der Waals surface area contributed by atoms with Gasteiger partial charge in [0.05, 0.1) is 68.9 Å². The summed E-state index contributed by atoms with van der Waals surface area (Å²) in [6.07, 6.45) is 5.90. The van der Waals surface area contributed by atoms with Crippen molar-refractivity contribution in [3.63, 3.8) is 0 Å². The molecule has 5 amide bonds. The van der Waals surface area contributed by atoms with Crippen LogP contribution in [-0.2, 0) is 25.7 Å². The molecule has 8 heterocycles. The Labute approximate surface area is 462 Å². The van der Waals surface area contributed by atoms with E-state index in [1.54, 1.807) is 34.3 Å². The molecule has 3 saturated heterocycles. The zero-order chi connectivity index (χ0) is 55.8. The molecule has 6 aromatic rings. The van der Waals surface area contributed by atoms with Crippen molar-refractivity contribution < 1.29 is 38.6 Å². The minimum absolute atomic E-state index is 0.0337. The summed E-state index contributed by atoms with van der Waals surface area (Å²) < 4.78 is 15.7. The number of benzene rings is 2. The number of rotatable bonds is 16. The number of β-amino-alcohol motifs (C(OH)–C–C–N with tert-alkyl or cyclic N) is 2. The van der Waals surface area contributed by atoms with E-state index in [2.05, 4.69) is 46.0 Å². The van der Waals surface area contributed by atoms with Gasteiger partial charge in [0.2, 0.25) is 23.6 Å². The molecule has 0 bridgehead atoms. The Hall–Kier alpha value is -7.33. The van der Waals surface area contributed by atoms with Crippen LogP contribution in [0, 0.1) is 18.2 Å². The number of pyridine rings is 2. The minimum Gasteiger partial charge on any atom is -0.391 e. The van der Waals surface area contributed by atoms with Gasteiger partial charge in [-0.15, -0.1) is 11.3 Å². The number of aliphatic hydroxyl groups is 2. The van der Waals surface area contributed by atoms with Crippen molar-refractivity contribution in [3.8, 4) is 21.7 Å². The molecule has 4 atom stereocenters. The molecule has 10 rings (SSSR count). The molecular formula is C58H69FN12O7S. The topological polar surface area (TPSA) is 230 Å². The molecule has 4 aliphatic heterocycles. The van der Waals surface area contributed by atoms with Gasteiger partial charge in [-0.1, -0.05) is 51.1 Å². The largest absolute Gasteiger partial charge is 0.391 e. The predicted molar refractivity (Wildman–Crippen MR) is 299 cm³/mol. The molecule has 79 heavy (non-hydrogen) atoms.